The number of amides is 8. The molecule has 8 amide bonds. The third-order valence-electron chi connectivity index (χ3n) is 21.6. The lowest BCUT2D eigenvalue weighted by atomic mass is 9.89. The minimum atomic E-state index is -5.00. The number of phosphoric acid groups is 2. The standard InChI is InChI=1S/2C42H65N6O10P/c1-28(2)22-36(46-42(54)37-19-15-21-48(37)31(5)49)39(51)24-33(41(53)45-29(3)38(50)25-35(40(43)52)30(4)58-59(55,56)57)23-34-26-44-27-47(34)20-14-9-7-6-8-11-16-32-17-12-10-13-18-32;1-7-8-9-10-14-19-39(31-16-12-11-13-17-31)58-59(55,56)57-29(5)34(40(43)52)24-37(50)28(4)46-41(53)32(22-33-25-44-26-45-33)23-38(51)35(21-27(2)3)47-42(54)36-18-15-20-48(36)30(6)49/h10,12-13,17-18,26-30,33,35-37H,6-9,11,14-16,19-25H2,1-5H3,(H2,43,52)(H,45,53)(H,46,54)(H2,55,56,57);11-13,16-17,25-29,32,34-36,39H,7-10,14-15,18-24H2,1-6H3,(H2,43,52)(H,44,45)(H,46,53)(H,47,54)(H,55,56)/t29-,30+,33+,35-,36-,37?;28-,29+,32+,34-,35-,36?,39?/m00/s1. The summed E-state index contributed by atoms with van der Waals surface area (Å²) in [5.74, 6) is -11.2. The largest absolute Gasteiger partial charge is 0.473 e. The van der Waals surface area contributed by atoms with Gasteiger partial charge in [-0.1, -0.05) is 153 Å². The number of phosphoric ester groups is 2. The predicted molar refractivity (Wildman–Crippen MR) is 442 cm³/mol. The average molecular weight is 1690 g/mol. The van der Waals surface area contributed by atoms with Crippen molar-refractivity contribution in [3.05, 3.63) is 108 Å². The molecule has 0 bridgehead atoms. The van der Waals surface area contributed by atoms with E-state index in [0.29, 0.717) is 81.5 Å². The van der Waals surface area contributed by atoms with Crippen LogP contribution in [0.25, 0.3) is 0 Å². The molecular formula is C84H130N12O20P2. The van der Waals surface area contributed by atoms with Gasteiger partial charge in [-0.25, -0.2) is 19.1 Å². The number of nitrogens with two attached hydrogens (primary N) is 2. The number of hydrogen-bond acceptors (Lipinski definition) is 19. The molecule has 2 aliphatic rings. The van der Waals surface area contributed by atoms with E-state index in [1.807, 2.05) is 44.4 Å². The number of Topliss-reactive ketones (excluding diaryl/α,β-unsaturated/α-hetero) is 4. The maximum atomic E-state index is 14.1. The number of hydrogen-bond donors (Lipinski definition) is 10. The van der Waals surface area contributed by atoms with Crippen molar-refractivity contribution >= 4 is 86.0 Å². The SMILES string of the molecule is CC(=O)N1CCCC1C(=O)N[C@@H](CC(C)C)C(=O)C[C@@H](Cc1cncn1CCCCCCCCc1ccccc1)C(=O)N[C@@H](C)C(=O)C[C@H](C(N)=O)[C@@H](C)OP(=O)(O)O.CCCCCCCC(OP(=O)(O)O[C@H](C)[C@H](CC(=O)[C@H](C)NC(=O)[C@@H](CC(=O)[C@H](CC(C)C)NC(=O)C1CCCN1C(C)=O)Cc1cnc[nH]1)C(N)=O)c1ccccc1. The van der Waals surface area contributed by atoms with Crippen LogP contribution in [0.2, 0.25) is 0 Å². The third-order valence-corrected chi connectivity index (χ3v) is 23.3. The number of primary amides is 2. The Morgan fingerprint density at radius 2 is 1.02 bits per heavy atom. The number of imidazole rings is 2. The zero-order chi connectivity index (χ0) is 87.4. The van der Waals surface area contributed by atoms with Crippen molar-refractivity contribution in [3.8, 4) is 0 Å². The lowest BCUT2D eigenvalue weighted by Crippen LogP contribution is -2.51. The molecule has 4 heterocycles. The Kier molecular flexibility index (Phi) is 42.9. The second-order valence-corrected chi connectivity index (χ2v) is 34.9. The first-order chi connectivity index (χ1) is 55.8. The molecule has 2 fully saturated rings. The van der Waals surface area contributed by atoms with Crippen molar-refractivity contribution in [2.24, 2.45) is 47.0 Å². The Labute approximate surface area is 694 Å². The zero-order valence-corrected chi connectivity index (χ0v) is 72.4. The van der Waals surface area contributed by atoms with Crippen LogP contribution in [0.5, 0.6) is 0 Å². The molecule has 2 saturated heterocycles. The summed E-state index contributed by atoms with van der Waals surface area (Å²) < 4.78 is 42.4. The number of aromatic nitrogens is 4. The van der Waals surface area contributed by atoms with E-state index in [1.165, 1.54) is 69.4 Å². The summed E-state index contributed by atoms with van der Waals surface area (Å²) in [5.41, 5.74) is 14.4. The molecule has 4 aromatic rings. The number of rotatable bonds is 54. The smallest absolute Gasteiger partial charge is 0.369 e. The highest BCUT2D eigenvalue weighted by atomic mass is 31.2. The maximum Gasteiger partial charge on any atom is 0.473 e. The number of unbranched alkanes of at least 4 members (excludes halogenated alkanes) is 9. The number of likely N-dealkylation sites (tertiary alicyclic amines) is 2. The second-order valence-electron chi connectivity index (χ2n) is 32.4. The molecule has 4 unspecified atom stereocenters. The van der Waals surface area contributed by atoms with Crippen molar-refractivity contribution in [3.63, 3.8) is 0 Å². The molecule has 0 radical (unpaired) electrons. The number of carbonyl (C=O) groups is 12. The monoisotopic (exact) mass is 1690 g/mol. The van der Waals surface area contributed by atoms with Crippen LogP contribution in [0.4, 0.5) is 0 Å². The number of nitrogens with zero attached hydrogens (tertiary/aromatic N) is 5. The van der Waals surface area contributed by atoms with Crippen LogP contribution in [0, 0.1) is 35.5 Å². The van der Waals surface area contributed by atoms with Gasteiger partial charge in [-0.2, -0.15) is 0 Å². The Morgan fingerprint density at radius 3 is 1.48 bits per heavy atom. The van der Waals surface area contributed by atoms with E-state index in [1.54, 1.807) is 36.8 Å². The highest BCUT2D eigenvalue weighted by Gasteiger charge is 2.41. The quantitative estimate of drug-likeness (QED) is 0.0145. The average Bonchev–Trinajstić information content (AvgIpc) is 1.69. The van der Waals surface area contributed by atoms with E-state index in [9.17, 15) is 81.3 Å². The van der Waals surface area contributed by atoms with Crippen LogP contribution in [-0.2, 0) is 106 Å². The Bertz CT molecular complexity index is 3970. The Hall–Kier alpha value is -8.48. The molecule has 0 aliphatic carbocycles. The van der Waals surface area contributed by atoms with Crippen molar-refractivity contribution in [2.75, 3.05) is 13.1 Å². The first-order valence-electron chi connectivity index (χ1n) is 41.7. The molecule has 2 aliphatic heterocycles. The fourth-order valence-electron chi connectivity index (χ4n) is 15.0. The minimum Gasteiger partial charge on any atom is -0.369 e. The Morgan fingerprint density at radius 1 is 0.551 bits per heavy atom. The number of nitrogens with one attached hydrogen (secondary N) is 5. The van der Waals surface area contributed by atoms with Gasteiger partial charge in [0.05, 0.1) is 78.8 Å². The van der Waals surface area contributed by atoms with Gasteiger partial charge < -0.3 is 66.8 Å². The van der Waals surface area contributed by atoms with E-state index < -0.39 is 154 Å². The summed E-state index contributed by atoms with van der Waals surface area (Å²) in [5, 5.41) is 11.0. The molecule has 32 nitrogen and oxygen atoms in total. The molecule has 34 heteroatoms. The van der Waals surface area contributed by atoms with Crippen LogP contribution < -0.4 is 32.7 Å². The van der Waals surface area contributed by atoms with Crippen molar-refractivity contribution in [1.82, 2.24) is 50.6 Å². The fraction of sp³-hybridized carbons (Fsp3) is 0.643. The lowest BCUT2D eigenvalue weighted by Gasteiger charge is -2.27. The molecule has 0 saturated carbocycles. The van der Waals surface area contributed by atoms with Gasteiger partial charge in [0.1, 0.15) is 12.1 Å². The van der Waals surface area contributed by atoms with Crippen molar-refractivity contribution < 1.29 is 94.9 Å². The summed E-state index contributed by atoms with van der Waals surface area (Å²) in [6.45, 7) is 19.5. The molecular weight excluding hydrogens is 1560 g/mol. The van der Waals surface area contributed by atoms with Gasteiger partial charge in [0.2, 0.25) is 47.3 Å². The molecule has 14 atom stereocenters. The first kappa shape index (κ1) is 100. The molecule has 0 spiro atoms. The van der Waals surface area contributed by atoms with Crippen molar-refractivity contribution in [1.29, 1.82) is 0 Å². The number of ketones is 4. The molecule has 12 N–H and O–H groups in total. The lowest BCUT2D eigenvalue weighted by molar-refractivity contribution is -0.138. The van der Waals surface area contributed by atoms with Crippen LogP contribution in [0.3, 0.4) is 0 Å². The first-order valence-corrected chi connectivity index (χ1v) is 44.7. The summed E-state index contributed by atoms with van der Waals surface area (Å²) >= 11 is 0. The molecule has 6 rings (SSSR count). The van der Waals surface area contributed by atoms with Gasteiger partial charge in [-0.15, -0.1) is 0 Å². The zero-order valence-electron chi connectivity index (χ0n) is 70.6. The Balaban J connectivity index is 0.000000420. The van der Waals surface area contributed by atoms with Crippen LogP contribution >= 0.6 is 15.6 Å². The van der Waals surface area contributed by atoms with E-state index in [4.69, 9.17) is 20.5 Å². The number of aromatic amines is 1. The molecule has 2 aromatic carbocycles. The third kappa shape index (κ3) is 35.4. The highest BCUT2D eigenvalue weighted by Crippen LogP contribution is 2.51. The second kappa shape index (κ2) is 50.6. The van der Waals surface area contributed by atoms with E-state index >= 15 is 0 Å². The maximum absolute atomic E-state index is 14.1. The highest BCUT2D eigenvalue weighted by molar-refractivity contribution is 7.47. The number of aryl methyl sites for hydroxylation is 2. The normalized spacial score (nSPS) is 17.6. The molecule has 2 aromatic heterocycles. The van der Waals surface area contributed by atoms with E-state index in [-0.39, 0.29) is 60.9 Å². The van der Waals surface area contributed by atoms with Gasteiger partial charge in [0.15, 0.2) is 23.1 Å². The summed E-state index contributed by atoms with van der Waals surface area (Å²) in [4.78, 5) is 202. The molecule has 118 heavy (non-hydrogen) atoms. The summed E-state index contributed by atoms with van der Waals surface area (Å²) in [6, 6.07) is 13.9. The number of benzene rings is 2. The van der Waals surface area contributed by atoms with E-state index in [0.717, 1.165) is 77.0 Å². The van der Waals surface area contributed by atoms with Gasteiger partial charge in [-0.05, 0) is 115 Å². The van der Waals surface area contributed by atoms with Crippen molar-refractivity contribution in [2.45, 2.75) is 298 Å². The van der Waals surface area contributed by atoms with Crippen LogP contribution in [0.15, 0.2) is 85.7 Å². The van der Waals surface area contributed by atoms with Gasteiger partial charge in [0.25, 0.3) is 0 Å². The van der Waals surface area contributed by atoms with Crippen LogP contribution in [-0.4, -0.2) is 176 Å². The topological polar surface area (TPSA) is 480 Å². The molecule has 656 valence electrons. The van der Waals surface area contributed by atoms with E-state index in [2.05, 4.69) is 71.9 Å². The number of H-pyrrole nitrogens is 1. The van der Waals surface area contributed by atoms with Gasteiger partial charge in [0, 0.05) is 95.8 Å². The predicted octanol–water partition coefficient (Wildman–Crippen LogP) is 9.45. The van der Waals surface area contributed by atoms with Gasteiger partial charge >= 0.3 is 15.6 Å². The minimum absolute atomic E-state index is 0.00194. The van der Waals surface area contributed by atoms with Gasteiger partial charge in [-0.3, -0.25) is 71.1 Å². The summed E-state index contributed by atoms with van der Waals surface area (Å²) in [7, 11) is -9.78. The van der Waals surface area contributed by atoms with Crippen LogP contribution in [0.1, 0.15) is 246 Å². The number of carbonyl (C=O) groups excluding carboxylic acids is 12. The summed E-state index contributed by atoms with van der Waals surface area (Å²) in [6.07, 6.45) is 17.0. The fourth-order valence-corrected chi connectivity index (χ4v) is 16.7.